The lowest BCUT2D eigenvalue weighted by molar-refractivity contribution is 0.0587. The van der Waals surface area contributed by atoms with Crippen molar-refractivity contribution < 1.29 is 13.5 Å². The van der Waals surface area contributed by atoms with Crippen LogP contribution in [0.15, 0.2) is 29.2 Å². The molecular weight excluding hydrogens is 334 g/mol. The Balaban J connectivity index is 2.22. The van der Waals surface area contributed by atoms with Gasteiger partial charge in [0, 0.05) is 5.02 Å². The summed E-state index contributed by atoms with van der Waals surface area (Å²) in [5.41, 5.74) is 0. The van der Waals surface area contributed by atoms with Gasteiger partial charge < -0.3 is 5.11 Å². The van der Waals surface area contributed by atoms with E-state index in [-0.39, 0.29) is 16.7 Å². The third-order valence-corrected chi connectivity index (χ3v) is 6.60. The quantitative estimate of drug-likeness (QED) is 0.781. The first-order chi connectivity index (χ1) is 10.8. The molecule has 0 heterocycles. The van der Waals surface area contributed by atoms with Crippen LogP contribution in [0.4, 0.5) is 0 Å². The van der Waals surface area contributed by atoms with Crippen LogP contribution in [0, 0.1) is 11.8 Å². The Morgan fingerprint density at radius 2 is 2.00 bits per heavy atom. The van der Waals surface area contributed by atoms with Crippen molar-refractivity contribution in [1.82, 2.24) is 4.72 Å². The lowest BCUT2D eigenvalue weighted by atomic mass is 9.87. The van der Waals surface area contributed by atoms with Crippen LogP contribution in [0.2, 0.25) is 5.02 Å². The number of rotatable bonds is 7. The summed E-state index contributed by atoms with van der Waals surface area (Å²) in [6.45, 7) is 3.98. The lowest BCUT2D eigenvalue weighted by Gasteiger charge is -2.32. The lowest BCUT2D eigenvalue weighted by Crippen LogP contribution is -2.49. The first-order valence-electron chi connectivity index (χ1n) is 8.31. The van der Waals surface area contributed by atoms with Crippen molar-refractivity contribution in [3.05, 3.63) is 29.3 Å². The number of nitrogens with one attached hydrogen (secondary N) is 1. The van der Waals surface area contributed by atoms with Gasteiger partial charge in [-0.05, 0) is 42.9 Å². The Morgan fingerprint density at radius 3 is 2.57 bits per heavy atom. The molecule has 6 heteroatoms. The minimum atomic E-state index is -3.71. The van der Waals surface area contributed by atoms with E-state index in [9.17, 15) is 13.5 Å². The summed E-state index contributed by atoms with van der Waals surface area (Å²) in [5, 5.41) is 11.1. The molecule has 0 amide bonds. The second-order valence-electron chi connectivity index (χ2n) is 6.53. The van der Waals surface area contributed by atoms with Gasteiger partial charge in [0.25, 0.3) is 0 Å². The molecule has 1 saturated carbocycles. The largest absolute Gasteiger partial charge is 0.391 e. The van der Waals surface area contributed by atoms with E-state index >= 15 is 0 Å². The van der Waals surface area contributed by atoms with Gasteiger partial charge in [0.15, 0.2) is 0 Å². The molecule has 1 aromatic carbocycles. The molecule has 1 aliphatic rings. The van der Waals surface area contributed by atoms with Crippen LogP contribution in [0.5, 0.6) is 0 Å². The van der Waals surface area contributed by atoms with Crippen molar-refractivity contribution in [3.63, 3.8) is 0 Å². The zero-order valence-electron chi connectivity index (χ0n) is 13.7. The van der Waals surface area contributed by atoms with Crippen molar-refractivity contribution in [2.75, 3.05) is 0 Å². The first kappa shape index (κ1) is 18.7. The molecule has 1 aromatic rings. The van der Waals surface area contributed by atoms with E-state index in [0.29, 0.717) is 5.02 Å². The third kappa shape index (κ3) is 4.69. The van der Waals surface area contributed by atoms with Gasteiger partial charge in [0.05, 0.1) is 17.0 Å². The Bertz CT molecular complexity index is 614. The Hall–Kier alpha value is -0.620. The average molecular weight is 360 g/mol. The molecule has 0 radical (unpaired) electrons. The van der Waals surface area contributed by atoms with E-state index in [1.165, 1.54) is 12.1 Å². The van der Waals surface area contributed by atoms with Gasteiger partial charge >= 0.3 is 0 Å². The summed E-state index contributed by atoms with van der Waals surface area (Å²) >= 11 is 5.90. The maximum atomic E-state index is 12.7. The highest BCUT2D eigenvalue weighted by Crippen LogP contribution is 2.31. The molecule has 4 nitrogen and oxygen atoms in total. The van der Waals surface area contributed by atoms with Gasteiger partial charge in [-0.2, -0.15) is 0 Å². The van der Waals surface area contributed by atoms with E-state index in [2.05, 4.69) is 4.72 Å². The normalized spacial score (nSPS) is 20.3. The van der Waals surface area contributed by atoms with Crippen molar-refractivity contribution in [2.24, 2.45) is 11.8 Å². The van der Waals surface area contributed by atoms with Gasteiger partial charge in [-0.25, -0.2) is 13.1 Å². The molecule has 0 bridgehead atoms. The summed E-state index contributed by atoms with van der Waals surface area (Å²) < 4.78 is 28.0. The van der Waals surface area contributed by atoms with E-state index in [1.54, 1.807) is 12.1 Å². The van der Waals surface area contributed by atoms with Gasteiger partial charge in [-0.3, -0.25) is 0 Å². The maximum Gasteiger partial charge on any atom is 0.240 e. The number of aliphatic hydroxyl groups excluding tert-OH is 1. The summed E-state index contributed by atoms with van der Waals surface area (Å²) in [6, 6.07) is 5.72. The highest BCUT2D eigenvalue weighted by atomic mass is 35.5. The molecule has 0 aliphatic heterocycles. The average Bonchev–Trinajstić information content (AvgIpc) is 3.05. The monoisotopic (exact) mass is 359 g/mol. The Morgan fingerprint density at radius 1 is 1.35 bits per heavy atom. The predicted molar refractivity (Wildman–Crippen MR) is 93.0 cm³/mol. The van der Waals surface area contributed by atoms with Crippen molar-refractivity contribution in [3.8, 4) is 0 Å². The molecule has 130 valence electrons. The van der Waals surface area contributed by atoms with E-state index in [1.807, 2.05) is 13.8 Å². The SMILES string of the molecule is CCC(C)C(NS(=O)(=O)c1cccc(Cl)c1)C(O)C1CCCC1. The molecular formula is C17H26ClNO3S. The maximum absolute atomic E-state index is 12.7. The summed E-state index contributed by atoms with van der Waals surface area (Å²) in [5.74, 6) is 0.232. The second kappa shape index (κ2) is 7.97. The van der Waals surface area contributed by atoms with Crippen molar-refractivity contribution >= 4 is 21.6 Å². The molecule has 0 spiro atoms. The third-order valence-electron chi connectivity index (χ3n) is 4.91. The van der Waals surface area contributed by atoms with Crippen LogP contribution in [-0.2, 0) is 10.0 Å². The highest BCUT2D eigenvalue weighted by molar-refractivity contribution is 7.89. The van der Waals surface area contributed by atoms with E-state index in [4.69, 9.17) is 11.6 Å². The van der Waals surface area contributed by atoms with E-state index in [0.717, 1.165) is 32.1 Å². The van der Waals surface area contributed by atoms with Gasteiger partial charge in [0.1, 0.15) is 0 Å². The molecule has 23 heavy (non-hydrogen) atoms. The second-order valence-corrected chi connectivity index (χ2v) is 8.68. The van der Waals surface area contributed by atoms with Crippen molar-refractivity contribution in [1.29, 1.82) is 0 Å². The molecule has 2 N–H and O–H groups in total. The number of benzene rings is 1. The molecule has 1 fully saturated rings. The van der Waals surface area contributed by atoms with Crippen LogP contribution in [0.3, 0.4) is 0 Å². The number of hydrogen-bond acceptors (Lipinski definition) is 3. The van der Waals surface area contributed by atoms with E-state index < -0.39 is 22.2 Å². The highest BCUT2D eigenvalue weighted by Gasteiger charge is 2.35. The van der Waals surface area contributed by atoms with Crippen LogP contribution in [0.25, 0.3) is 0 Å². The van der Waals surface area contributed by atoms with Gasteiger partial charge in [-0.15, -0.1) is 0 Å². The topological polar surface area (TPSA) is 66.4 Å². The molecule has 0 saturated heterocycles. The Labute approximate surface area is 144 Å². The fourth-order valence-electron chi connectivity index (χ4n) is 3.25. The fraction of sp³-hybridized carbons (Fsp3) is 0.647. The molecule has 3 unspecified atom stereocenters. The molecule has 1 aliphatic carbocycles. The summed E-state index contributed by atoms with van der Waals surface area (Å²) in [7, 11) is -3.71. The zero-order chi connectivity index (χ0) is 17.0. The zero-order valence-corrected chi connectivity index (χ0v) is 15.3. The predicted octanol–water partition coefficient (Wildman–Crippen LogP) is 3.58. The Kier molecular flexibility index (Phi) is 6.48. The van der Waals surface area contributed by atoms with Gasteiger partial charge in [0.2, 0.25) is 10.0 Å². The van der Waals surface area contributed by atoms with Crippen LogP contribution >= 0.6 is 11.6 Å². The number of sulfonamides is 1. The minimum Gasteiger partial charge on any atom is -0.391 e. The molecule has 2 rings (SSSR count). The van der Waals surface area contributed by atoms with Crippen LogP contribution in [0.1, 0.15) is 46.0 Å². The molecule has 0 aromatic heterocycles. The molecule has 3 atom stereocenters. The standard InChI is InChI=1S/C17H26ClNO3S/c1-3-12(2)16(17(20)13-7-4-5-8-13)19-23(21,22)15-10-6-9-14(18)11-15/h6,9-13,16-17,19-20H,3-5,7-8H2,1-2H3. The first-order valence-corrected chi connectivity index (χ1v) is 10.2. The number of hydrogen-bond donors (Lipinski definition) is 2. The minimum absolute atomic E-state index is 0.0551. The summed E-state index contributed by atoms with van der Waals surface area (Å²) in [4.78, 5) is 0.136. The number of aliphatic hydroxyl groups is 1. The van der Waals surface area contributed by atoms with Crippen LogP contribution < -0.4 is 4.72 Å². The number of halogens is 1. The van der Waals surface area contributed by atoms with Crippen LogP contribution in [-0.4, -0.2) is 25.7 Å². The fourth-order valence-corrected chi connectivity index (χ4v) is 4.91. The van der Waals surface area contributed by atoms with Gasteiger partial charge in [-0.1, -0.05) is 50.8 Å². The van der Waals surface area contributed by atoms with Crippen molar-refractivity contribution in [2.45, 2.75) is 63.0 Å². The summed E-state index contributed by atoms with van der Waals surface area (Å²) in [6.07, 6.45) is 4.29. The smallest absolute Gasteiger partial charge is 0.240 e.